The van der Waals surface area contributed by atoms with Gasteiger partial charge in [-0.25, -0.2) is 9.50 Å². The Kier molecular flexibility index (Phi) is 6.44. The molecule has 2 N–H and O–H groups in total. The van der Waals surface area contributed by atoms with Gasteiger partial charge < -0.3 is 10.6 Å². The van der Waals surface area contributed by atoms with E-state index in [0.29, 0.717) is 30.3 Å². The number of hydrogen-bond donors (Lipinski definition) is 2. The molecule has 11 nitrogen and oxygen atoms in total. The van der Waals surface area contributed by atoms with Crippen LogP contribution >= 0.6 is 0 Å². The number of anilines is 1. The van der Waals surface area contributed by atoms with Crippen molar-refractivity contribution >= 4 is 23.1 Å². The van der Waals surface area contributed by atoms with Crippen molar-refractivity contribution in [2.45, 2.75) is 47.7 Å². The van der Waals surface area contributed by atoms with Crippen LogP contribution in [-0.4, -0.2) is 52.5 Å². The van der Waals surface area contributed by atoms with Gasteiger partial charge in [0, 0.05) is 49.4 Å². The lowest BCUT2D eigenvalue weighted by molar-refractivity contribution is 0.0944. The largest absolute Gasteiger partial charge is 0.350 e. The third-order valence-electron chi connectivity index (χ3n) is 5.49. The maximum Gasteiger partial charge on any atom is 0.276 e. The fourth-order valence-corrected chi connectivity index (χ4v) is 3.64. The van der Waals surface area contributed by atoms with Gasteiger partial charge in [0.2, 0.25) is 0 Å². The third kappa shape index (κ3) is 4.41. The quantitative estimate of drug-likeness (QED) is 0.414. The molecule has 0 aromatic carbocycles. The van der Waals surface area contributed by atoms with E-state index in [1.165, 1.54) is 0 Å². The van der Waals surface area contributed by atoms with Crippen molar-refractivity contribution < 1.29 is 9.59 Å². The Hall–Kier alpha value is -4.02. The van der Waals surface area contributed by atoms with E-state index in [9.17, 15) is 9.59 Å². The van der Waals surface area contributed by atoms with Crippen molar-refractivity contribution in [3.8, 4) is 11.3 Å². The molecule has 0 saturated heterocycles. The van der Waals surface area contributed by atoms with E-state index in [4.69, 9.17) is 0 Å². The highest BCUT2D eigenvalue weighted by Crippen LogP contribution is 2.24. The van der Waals surface area contributed by atoms with Crippen LogP contribution in [-0.2, 0) is 13.1 Å². The van der Waals surface area contributed by atoms with Crippen LogP contribution in [0.4, 0.5) is 5.69 Å². The van der Waals surface area contributed by atoms with Gasteiger partial charge in [-0.05, 0) is 32.8 Å². The Morgan fingerprint density at radius 2 is 1.91 bits per heavy atom. The van der Waals surface area contributed by atoms with E-state index >= 15 is 0 Å². The van der Waals surface area contributed by atoms with Crippen LogP contribution in [0.15, 0.2) is 30.7 Å². The normalized spacial score (nSPS) is 11.4. The fourth-order valence-electron chi connectivity index (χ4n) is 3.64. The van der Waals surface area contributed by atoms with Crippen LogP contribution in [0.3, 0.4) is 0 Å². The Labute approximate surface area is 197 Å². The van der Waals surface area contributed by atoms with Gasteiger partial charge in [0.25, 0.3) is 11.8 Å². The van der Waals surface area contributed by atoms with E-state index in [2.05, 4.69) is 30.9 Å². The first-order valence-electron chi connectivity index (χ1n) is 11.4. The number of nitrogens with zero attached hydrogens (tertiary/aromatic N) is 7. The molecule has 4 rings (SSSR count). The highest BCUT2D eigenvalue weighted by molar-refractivity contribution is 6.07. The fraction of sp³-hybridized carbons (Fsp3) is 0.391. The van der Waals surface area contributed by atoms with Gasteiger partial charge in [-0.2, -0.15) is 15.3 Å². The van der Waals surface area contributed by atoms with Crippen molar-refractivity contribution in [1.29, 1.82) is 0 Å². The molecule has 0 radical (unpaired) electrons. The van der Waals surface area contributed by atoms with Crippen LogP contribution < -0.4 is 10.6 Å². The van der Waals surface area contributed by atoms with Crippen LogP contribution in [0.5, 0.6) is 0 Å². The molecule has 178 valence electrons. The summed E-state index contributed by atoms with van der Waals surface area (Å²) in [5.74, 6) is -0.493. The molecule has 2 amide bonds. The van der Waals surface area contributed by atoms with E-state index in [1.54, 1.807) is 33.9 Å². The summed E-state index contributed by atoms with van der Waals surface area (Å²) in [6, 6.07) is 3.45. The number of rotatable bonds is 8. The van der Waals surface area contributed by atoms with Crippen LogP contribution in [0.2, 0.25) is 0 Å². The zero-order chi connectivity index (χ0) is 24.4. The second kappa shape index (κ2) is 9.46. The van der Waals surface area contributed by atoms with Crippen molar-refractivity contribution in [1.82, 2.24) is 39.5 Å². The summed E-state index contributed by atoms with van der Waals surface area (Å²) in [6.45, 7) is 11.8. The minimum atomic E-state index is -0.453. The molecule has 0 aliphatic carbocycles. The van der Waals surface area contributed by atoms with E-state index < -0.39 is 5.91 Å². The molecule has 0 saturated carbocycles. The number of nitrogens with one attached hydrogen (secondary N) is 2. The number of aromatic nitrogens is 7. The first-order chi connectivity index (χ1) is 16.3. The van der Waals surface area contributed by atoms with Gasteiger partial charge in [0.1, 0.15) is 0 Å². The lowest BCUT2D eigenvalue weighted by Gasteiger charge is -2.07. The van der Waals surface area contributed by atoms with Crippen LogP contribution in [0.25, 0.3) is 16.9 Å². The summed E-state index contributed by atoms with van der Waals surface area (Å²) in [4.78, 5) is 30.1. The molecule has 0 aliphatic heterocycles. The predicted molar refractivity (Wildman–Crippen MR) is 128 cm³/mol. The average molecular weight is 464 g/mol. The van der Waals surface area contributed by atoms with Gasteiger partial charge in [-0.3, -0.25) is 19.0 Å². The molecule has 4 heterocycles. The van der Waals surface area contributed by atoms with E-state index in [1.807, 2.05) is 45.4 Å². The molecule has 0 unspecified atom stereocenters. The monoisotopic (exact) mass is 463 g/mol. The Bertz CT molecular complexity index is 1350. The van der Waals surface area contributed by atoms with Crippen LogP contribution in [0, 0.1) is 12.8 Å². The smallest absolute Gasteiger partial charge is 0.276 e. The molecule has 0 spiro atoms. The summed E-state index contributed by atoms with van der Waals surface area (Å²) in [5, 5.41) is 18.9. The number of amides is 2. The minimum Gasteiger partial charge on any atom is -0.350 e. The SMILES string of the molecule is CCn1cc(NC(=O)c2cc3nccc(-c4cnn(CC)c4C)n3n2)c(C(=O)NCC(C)C)n1. The molecule has 0 bridgehead atoms. The molecular weight excluding hydrogens is 434 g/mol. The van der Waals surface area contributed by atoms with Crippen molar-refractivity contribution in [3.05, 3.63) is 47.8 Å². The van der Waals surface area contributed by atoms with Gasteiger partial charge in [-0.1, -0.05) is 13.8 Å². The number of carbonyl (C=O) groups is 2. The molecule has 11 heteroatoms. The minimum absolute atomic E-state index is 0.168. The zero-order valence-electron chi connectivity index (χ0n) is 20.0. The highest BCUT2D eigenvalue weighted by atomic mass is 16.2. The zero-order valence-corrected chi connectivity index (χ0v) is 20.0. The van der Waals surface area contributed by atoms with E-state index in [0.717, 1.165) is 23.5 Å². The van der Waals surface area contributed by atoms with Gasteiger partial charge in [0.05, 0.1) is 17.6 Å². The second-order valence-electron chi connectivity index (χ2n) is 8.39. The lowest BCUT2D eigenvalue weighted by Crippen LogP contribution is -2.28. The summed E-state index contributed by atoms with van der Waals surface area (Å²) in [6.07, 6.45) is 5.11. The summed E-state index contributed by atoms with van der Waals surface area (Å²) >= 11 is 0. The van der Waals surface area contributed by atoms with Crippen molar-refractivity contribution in [3.63, 3.8) is 0 Å². The third-order valence-corrected chi connectivity index (χ3v) is 5.49. The molecule has 4 aromatic rings. The first-order valence-corrected chi connectivity index (χ1v) is 11.4. The maximum absolute atomic E-state index is 13.1. The number of hydrogen-bond acceptors (Lipinski definition) is 6. The first kappa shape index (κ1) is 23.1. The standard InChI is InChI=1S/C23H29N9O2/c1-6-30-13-18(21(29-30)23(34)25-11-14(3)4)27-22(33)17-10-20-24-9-8-19(32(20)28-17)16-12-26-31(7-2)15(16)5/h8-10,12-14H,6-7,11H2,1-5H3,(H,25,34)(H,27,33). The predicted octanol–water partition coefficient (Wildman–Crippen LogP) is 2.78. The van der Waals surface area contributed by atoms with Gasteiger partial charge in [-0.15, -0.1) is 0 Å². The Morgan fingerprint density at radius 1 is 1.12 bits per heavy atom. The molecule has 0 fully saturated rings. The average Bonchev–Trinajstić information content (AvgIpc) is 3.53. The van der Waals surface area contributed by atoms with Gasteiger partial charge in [0.15, 0.2) is 17.0 Å². The van der Waals surface area contributed by atoms with Crippen molar-refractivity contribution in [2.75, 3.05) is 11.9 Å². The molecule has 0 atom stereocenters. The summed E-state index contributed by atoms with van der Waals surface area (Å²) < 4.78 is 5.14. The Balaban J connectivity index is 1.64. The molecule has 4 aromatic heterocycles. The number of fused-ring (bicyclic) bond motifs is 1. The maximum atomic E-state index is 13.1. The number of carbonyl (C=O) groups excluding carboxylic acids is 2. The summed E-state index contributed by atoms with van der Waals surface area (Å²) in [5.41, 5.74) is 3.91. The van der Waals surface area contributed by atoms with E-state index in [-0.39, 0.29) is 17.3 Å². The number of aryl methyl sites for hydroxylation is 2. The lowest BCUT2D eigenvalue weighted by atomic mass is 10.2. The Morgan fingerprint density at radius 3 is 2.59 bits per heavy atom. The molecular formula is C23H29N9O2. The molecule has 0 aliphatic rings. The van der Waals surface area contributed by atoms with Crippen molar-refractivity contribution in [2.24, 2.45) is 5.92 Å². The molecule has 34 heavy (non-hydrogen) atoms. The van der Waals surface area contributed by atoms with Gasteiger partial charge >= 0.3 is 0 Å². The van der Waals surface area contributed by atoms with Crippen LogP contribution in [0.1, 0.15) is 54.4 Å². The second-order valence-corrected chi connectivity index (χ2v) is 8.39. The summed E-state index contributed by atoms with van der Waals surface area (Å²) in [7, 11) is 0. The topological polar surface area (TPSA) is 124 Å². The highest BCUT2D eigenvalue weighted by Gasteiger charge is 2.21.